The lowest BCUT2D eigenvalue weighted by Crippen LogP contribution is -2.12. The number of nitrogens with one attached hydrogen (secondary N) is 1. The Hall–Kier alpha value is -2.87. The van der Waals surface area contributed by atoms with Crippen molar-refractivity contribution in [3.05, 3.63) is 91.9 Å². The lowest BCUT2D eigenvalue weighted by Gasteiger charge is -2.05. The van der Waals surface area contributed by atoms with E-state index in [9.17, 15) is 4.79 Å². The Balaban J connectivity index is 1.34. The van der Waals surface area contributed by atoms with Gasteiger partial charge in [-0.15, -0.1) is 16.4 Å². The highest BCUT2D eigenvalue weighted by atomic mass is 35.5. The van der Waals surface area contributed by atoms with Crippen LogP contribution in [0.5, 0.6) is 5.75 Å². The van der Waals surface area contributed by atoms with Gasteiger partial charge in [-0.3, -0.25) is 10.1 Å². The van der Waals surface area contributed by atoms with Crippen LogP contribution in [0.3, 0.4) is 0 Å². The molecule has 2 aromatic carbocycles. The molecule has 0 aliphatic heterocycles. The number of aromatic nitrogens is 3. The first-order valence-electron chi connectivity index (χ1n) is 9.38. The minimum absolute atomic E-state index is 0.232. The van der Waals surface area contributed by atoms with Crippen LogP contribution >= 0.6 is 34.5 Å². The molecule has 0 radical (unpaired) electrons. The van der Waals surface area contributed by atoms with Gasteiger partial charge in [0, 0.05) is 5.56 Å². The number of hydrogen-bond donors (Lipinski definition) is 1. The third-order valence-electron chi connectivity index (χ3n) is 4.36. The highest BCUT2D eigenvalue weighted by Gasteiger charge is 2.13. The number of aryl methyl sites for hydroxylation is 1. The van der Waals surface area contributed by atoms with Gasteiger partial charge in [0.2, 0.25) is 5.95 Å². The Bertz CT molecular complexity index is 1220. The number of carbonyl (C=O) groups is 1. The molecule has 0 saturated heterocycles. The molecule has 1 N–H and O–H groups in total. The number of halogens is 2. The Labute approximate surface area is 193 Å². The Morgan fingerprint density at radius 3 is 2.81 bits per heavy atom. The summed E-state index contributed by atoms with van der Waals surface area (Å²) in [6, 6.07) is 15.0. The second kappa shape index (κ2) is 9.51. The van der Waals surface area contributed by atoms with Gasteiger partial charge < -0.3 is 4.74 Å². The van der Waals surface area contributed by atoms with E-state index in [-0.39, 0.29) is 11.9 Å². The van der Waals surface area contributed by atoms with Crippen molar-refractivity contribution in [1.82, 2.24) is 14.8 Å². The van der Waals surface area contributed by atoms with E-state index in [0.717, 1.165) is 22.4 Å². The number of nitrogens with zero attached hydrogens (tertiary/aromatic N) is 3. The van der Waals surface area contributed by atoms with E-state index < -0.39 is 0 Å². The molecular formula is C22H18Cl2N4O2S. The fourth-order valence-electron chi connectivity index (χ4n) is 2.86. The number of hydrogen-bond acceptors (Lipinski definition) is 5. The normalized spacial score (nSPS) is 10.8. The molecule has 9 heteroatoms. The number of rotatable bonds is 7. The molecule has 2 aromatic heterocycles. The molecule has 0 aliphatic carbocycles. The van der Waals surface area contributed by atoms with E-state index >= 15 is 0 Å². The number of carbonyl (C=O) groups excluding carboxylic acids is 1. The molecular weight excluding hydrogens is 455 g/mol. The maximum atomic E-state index is 12.5. The molecule has 0 fully saturated rings. The van der Waals surface area contributed by atoms with E-state index in [1.807, 2.05) is 48.7 Å². The van der Waals surface area contributed by atoms with Crippen LogP contribution in [-0.2, 0) is 13.2 Å². The smallest absolute Gasteiger partial charge is 0.268 e. The van der Waals surface area contributed by atoms with Gasteiger partial charge in [-0.25, -0.2) is 9.67 Å². The van der Waals surface area contributed by atoms with Gasteiger partial charge in [-0.2, -0.15) is 0 Å². The SMILES string of the molecule is Cc1cccc(OCc2csc(C(=O)Nc3ncn(Cc4ccc(Cl)c(Cl)c4)n3)c2)c1. The maximum Gasteiger partial charge on any atom is 0.268 e. The molecule has 4 aromatic rings. The molecule has 2 heterocycles. The number of ether oxygens (including phenoxy) is 1. The summed E-state index contributed by atoms with van der Waals surface area (Å²) in [5.41, 5.74) is 2.98. The summed E-state index contributed by atoms with van der Waals surface area (Å²) in [5, 5.41) is 9.89. The monoisotopic (exact) mass is 472 g/mol. The van der Waals surface area contributed by atoms with Crippen molar-refractivity contribution in [2.75, 3.05) is 5.32 Å². The number of thiophene rings is 1. The molecule has 0 saturated carbocycles. The van der Waals surface area contributed by atoms with Crippen molar-refractivity contribution in [2.45, 2.75) is 20.1 Å². The first-order chi connectivity index (χ1) is 15.0. The average Bonchev–Trinajstić information content (AvgIpc) is 3.39. The molecule has 0 aliphatic rings. The molecule has 0 atom stereocenters. The van der Waals surface area contributed by atoms with Crippen molar-refractivity contribution >= 4 is 46.4 Å². The van der Waals surface area contributed by atoms with Gasteiger partial charge in [0.05, 0.1) is 21.5 Å². The molecule has 4 rings (SSSR count). The predicted molar refractivity (Wildman–Crippen MR) is 123 cm³/mol. The first-order valence-corrected chi connectivity index (χ1v) is 11.0. The Morgan fingerprint density at radius 1 is 1.13 bits per heavy atom. The second-order valence-corrected chi connectivity index (χ2v) is 8.62. The summed E-state index contributed by atoms with van der Waals surface area (Å²) in [6.07, 6.45) is 1.55. The number of anilines is 1. The molecule has 0 spiro atoms. The molecule has 0 unspecified atom stereocenters. The third kappa shape index (κ3) is 5.64. The van der Waals surface area contributed by atoms with Gasteiger partial charge in [0.1, 0.15) is 18.7 Å². The van der Waals surface area contributed by atoms with Crippen LogP contribution in [0.4, 0.5) is 5.95 Å². The van der Waals surface area contributed by atoms with Gasteiger partial charge in [-0.1, -0.05) is 41.4 Å². The molecule has 31 heavy (non-hydrogen) atoms. The van der Waals surface area contributed by atoms with Crippen molar-refractivity contribution < 1.29 is 9.53 Å². The summed E-state index contributed by atoms with van der Waals surface area (Å²) in [4.78, 5) is 17.2. The third-order valence-corrected chi connectivity index (χ3v) is 6.08. The quantitative estimate of drug-likeness (QED) is 0.367. The van der Waals surface area contributed by atoms with Gasteiger partial charge in [0.25, 0.3) is 5.91 Å². The first kappa shape index (κ1) is 21.4. The van der Waals surface area contributed by atoms with Gasteiger partial charge >= 0.3 is 0 Å². The second-order valence-electron chi connectivity index (χ2n) is 6.89. The maximum absolute atomic E-state index is 12.5. The van der Waals surface area contributed by atoms with E-state index in [4.69, 9.17) is 27.9 Å². The van der Waals surface area contributed by atoms with Crippen molar-refractivity contribution in [3.8, 4) is 5.75 Å². The fourth-order valence-corrected chi connectivity index (χ4v) is 3.97. The summed E-state index contributed by atoms with van der Waals surface area (Å²) in [6.45, 7) is 2.86. The minimum Gasteiger partial charge on any atom is -0.489 e. The van der Waals surface area contributed by atoms with Gasteiger partial charge in [-0.05, 0) is 53.8 Å². The van der Waals surface area contributed by atoms with E-state index in [1.54, 1.807) is 23.1 Å². The summed E-state index contributed by atoms with van der Waals surface area (Å²) in [7, 11) is 0. The molecule has 0 bridgehead atoms. The number of amides is 1. The van der Waals surface area contributed by atoms with E-state index in [2.05, 4.69) is 15.4 Å². The fraction of sp³-hybridized carbons (Fsp3) is 0.136. The highest BCUT2D eigenvalue weighted by Crippen LogP contribution is 2.23. The minimum atomic E-state index is -0.265. The molecule has 1 amide bonds. The molecule has 6 nitrogen and oxygen atoms in total. The Morgan fingerprint density at radius 2 is 2.00 bits per heavy atom. The summed E-state index contributed by atoms with van der Waals surface area (Å²) >= 11 is 13.3. The zero-order chi connectivity index (χ0) is 21.8. The van der Waals surface area contributed by atoms with Crippen molar-refractivity contribution in [3.63, 3.8) is 0 Å². The predicted octanol–water partition coefficient (Wildman–Crippen LogP) is 5.83. The number of benzene rings is 2. The van der Waals surface area contributed by atoms with Crippen LogP contribution < -0.4 is 10.1 Å². The lowest BCUT2D eigenvalue weighted by molar-refractivity contribution is 0.102. The van der Waals surface area contributed by atoms with Crippen LogP contribution in [0.15, 0.2) is 60.2 Å². The van der Waals surface area contributed by atoms with Crippen molar-refractivity contribution in [1.29, 1.82) is 0 Å². The van der Waals surface area contributed by atoms with Gasteiger partial charge in [0.15, 0.2) is 0 Å². The lowest BCUT2D eigenvalue weighted by atomic mass is 10.2. The van der Waals surface area contributed by atoms with E-state index in [1.165, 1.54) is 11.3 Å². The molecule has 158 valence electrons. The zero-order valence-electron chi connectivity index (χ0n) is 16.5. The average molecular weight is 473 g/mol. The van der Waals surface area contributed by atoms with E-state index in [0.29, 0.717) is 28.1 Å². The summed E-state index contributed by atoms with van der Waals surface area (Å²) in [5.74, 6) is 0.768. The topological polar surface area (TPSA) is 69.0 Å². The Kier molecular flexibility index (Phi) is 6.56. The highest BCUT2D eigenvalue weighted by molar-refractivity contribution is 7.12. The van der Waals surface area contributed by atoms with Crippen LogP contribution in [0, 0.1) is 6.92 Å². The summed E-state index contributed by atoms with van der Waals surface area (Å²) < 4.78 is 7.40. The largest absolute Gasteiger partial charge is 0.489 e. The van der Waals surface area contributed by atoms with Crippen LogP contribution in [0.2, 0.25) is 10.0 Å². The standard InChI is InChI=1S/C22H18Cl2N4O2S/c1-14-3-2-4-17(7-14)30-11-16-9-20(31-12-16)21(29)26-22-25-13-28(27-22)10-15-5-6-18(23)19(24)8-15/h2-9,12-13H,10-11H2,1H3,(H,26,27,29). The van der Waals surface area contributed by atoms with Crippen LogP contribution in [-0.4, -0.2) is 20.7 Å². The zero-order valence-corrected chi connectivity index (χ0v) is 18.8. The van der Waals surface area contributed by atoms with Crippen LogP contribution in [0.25, 0.3) is 0 Å². The van der Waals surface area contributed by atoms with Crippen LogP contribution in [0.1, 0.15) is 26.4 Å². The van der Waals surface area contributed by atoms with Crippen molar-refractivity contribution in [2.24, 2.45) is 0 Å².